The van der Waals surface area contributed by atoms with Crippen molar-refractivity contribution in [2.24, 2.45) is 0 Å². The Kier molecular flexibility index (Phi) is 3.79. The first-order valence-corrected chi connectivity index (χ1v) is 7.08. The Hall–Kier alpha value is -2.81. The average molecular weight is 296 g/mol. The Labute approximate surface area is 128 Å². The molecule has 1 aliphatic heterocycles. The van der Waals surface area contributed by atoms with Gasteiger partial charge in [-0.25, -0.2) is 9.83 Å². The van der Waals surface area contributed by atoms with E-state index in [-0.39, 0.29) is 11.9 Å². The number of aromatic nitrogens is 1. The second-order valence-corrected chi connectivity index (χ2v) is 5.20. The Balaban J connectivity index is 1.89. The number of hydrogen-bond acceptors (Lipinski definition) is 4. The standard InChI is InChI=1S/C16H16N4O2/c1-17-13-7-10-5-6-18-16(12(10)8-14(13)22-2)19-9-11-3-4-15(21)20-11/h5-8,11H,3-4,9H2,2H3,(H,18,19)(H,20,21)/t11-/m0/s1. The first-order chi connectivity index (χ1) is 10.7. The van der Waals surface area contributed by atoms with Gasteiger partial charge < -0.3 is 15.4 Å². The first kappa shape index (κ1) is 14.1. The highest BCUT2D eigenvalue weighted by Gasteiger charge is 2.20. The highest BCUT2D eigenvalue weighted by molar-refractivity contribution is 5.96. The summed E-state index contributed by atoms with van der Waals surface area (Å²) in [6, 6.07) is 5.62. The van der Waals surface area contributed by atoms with E-state index in [2.05, 4.69) is 20.5 Å². The van der Waals surface area contributed by atoms with Gasteiger partial charge in [0.1, 0.15) is 11.6 Å². The van der Waals surface area contributed by atoms with E-state index < -0.39 is 0 Å². The molecule has 1 amide bonds. The summed E-state index contributed by atoms with van der Waals surface area (Å²) >= 11 is 0. The highest BCUT2D eigenvalue weighted by atomic mass is 16.5. The van der Waals surface area contributed by atoms with Crippen LogP contribution < -0.4 is 15.4 Å². The predicted molar refractivity (Wildman–Crippen MR) is 84.2 cm³/mol. The van der Waals surface area contributed by atoms with E-state index >= 15 is 0 Å². The molecule has 0 spiro atoms. The van der Waals surface area contributed by atoms with Gasteiger partial charge in [-0.3, -0.25) is 4.79 Å². The maximum absolute atomic E-state index is 11.2. The summed E-state index contributed by atoms with van der Waals surface area (Å²) in [5.74, 6) is 1.36. The van der Waals surface area contributed by atoms with E-state index in [0.717, 1.165) is 23.0 Å². The van der Waals surface area contributed by atoms with Crippen molar-refractivity contribution in [2.45, 2.75) is 18.9 Å². The zero-order valence-corrected chi connectivity index (χ0v) is 12.2. The number of carbonyl (C=O) groups is 1. The quantitative estimate of drug-likeness (QED) is 0.851. The number of methoxy groups -OCH3 is 1. The number of nitrogens with one attached hydrogen (secondary N) is 2. The normalized spacial score (nSPS) is 17.1. The molecule has 0 saturated carbocycles. The average Bonchev–Trinajstić information content (AvgIpc) is 2.96. The number of pyridine rings is 1. The van der Waals surface area contributed by atoms with Gasteiger partial charge >= 0.3 is 0 Å². The lowest BCUT2D eigenvalue weighted by Crippen LogP contribution is -2.32. The van der Waals surface area contributed by atoms with Gasteiger partial charge in [-0.1, -0.05) is 0 Å². The van der Waals surface area contributed by atoms with Crippen LogP contribution >= 0.6 is 0 Å². The number of benzene rings is 1. The van der Waals surface area contributed by atoms with Gasteiger partial charge in [-0.2, -0.15) is 0 Å². The monoisotopic (exact) mass is 296 g/mol. The SMILES string of the molecule is [C-]#[N+]c1cc2ccnc(NC[C@@H]3CCC(=O)N3)c2cc1OC. The molecule has 1 aromatic heterocycles. The largest absolute Gasteiger partial charge is 0.508 e. The van der Waals surface area contributed by atoms with Crippen molar-refractivity contribution in [1.82, 2.24) is 10.3 Å². The van der Waals surface area contributed by atoms with Gasteiger partial charge in [0, 0.05) is 30.6 Å². The number of carbonyl (C=O) groups excluding carboxylic acids is 1. The molecule has 112 valence electrons. The van der Waals surface area contributed by atoms with Crippen LogP contribution in [-0.2, 0) is 4.79 Å². The zero-order valence-electron chi connectivity index (χ0n) is 12.2. The van der Waals surface area contributed by atoms with E-state index in [1.165, 1.54) is 0 Å². The molecule has 1 atom stereocenters. The highest BCUT2D eigenvalue weighted by Crippen LogP contribution is 2.34. The summed E-state index contributed by atoms with van der Waals surface area (Å²) in [4.78, 5) is 19.1. The molecule has 22 heavy (non-hydrogen) atoms. The summed E-state index contributed by atoms with van der Waals surface area (Å²) in [7, 11) is 1.55. The van der Waals surface area contributed by atoms with Gasteiger partial charge in [-0.15, -0.1) is 0 Å². The van der Waals surface area contributed by atoms with Crippen LogP contribution in [0, 0.1) is 6.57 Å². The third-order valence-electron chi connectivity index (χ3n) is 3.79. The fourth-order valence-corrected chi connectivity index (χ4v) is 2.63. The molecule has 3 rings (SSSR count). The molecule has 2 heterocycles. The van der Waals surface area contributed by atoms with Crippen molar-refractivity contribution < 1.29 is 9.53 Å². The second-order valence-electron chi connectivity index (χ2n) is 5.20. The van der Waals surface area contributed by atoms with Crippen LogP contribution in [0.2, 0.25) is 0 Å². The van der Waals surface area contributed by atoms with E-state index in [9.17, 15) is 4.79 Å². The topological polar surface area (TPSA) is 67.6 Å². The van der Waals surface area contributed by atoms with Crippen molar-refractivity contribution in [2.75, 3.05) is 19.0 Å². The molecular weight excluding hydrogens is 280 g/mol. The molecule has 0 radical (unpaired) electrons. The van der Waals surface area contributed by atoms with Crippen molar-refractivity contribution in [3.05, 3.63) is 35.8 Å². The maximum Gasteiger partial charge on any atom is 0.228 e. The van der Waals surface area contributed by atoms with E-state index in [1.54, 1.807) is 19.4 Å². The molecule has 0 aliphatic carbocycles. The van der Waals surface area contributed by atoms with Gasteiger partial charge in [0.15, 0.2) is 0 Å². The minimum absolute atomic E-state index is 0.0982. The Morgan fingerprint density at radius 3 is 3.09 bits per heavy atom. The second kappa shape index (κ2) is 5.90. The number of amides is 1. The van der Waals surface area contributed by atoms with Crippen molar-refractivity contribution in [3.8, 4) is 5.75 Å². The third-order valence-corrected chi connectivity index (χ3v) is 3.79. The van der Waals surface area contributed by atoms with Crippen LogP contribution in [0.25, 0.3) is 15.6 Å². The fourth-order valence-electron chi connectivity index (χ4n) is 2.63. The Morgan fingerprint density at radius 2 is 2.41 bits per heavy atom. The third kappa shape index (κ3) is 2.66. The van der Waals surface area contributed by atoms with Crippen LogP contribution in [0.3, 0.4) is 0 Å². The van der Waals surface area contributed by atoms with E-state index in [1.807, 2.05) is 12.1 Å². The number of rotatable bonds is 4. The molecule has 1 aliphatic rings. The van der Waals surface area contributed by atoms with Gasteiger partial charge in [-0.05, 0) is 30.0 Å². The smallest absolute Gasteiger partial charge is 0.228 e. The number of fused-ring (bicyclic) bond motifs is 1. The summed E-state index contributed by atoms with van der Waals surface area (Å²) in [6.07, 6.45) is 3.12. The number of nitrogens with zero attached hydrogens (tertiary/aromatic N) is 2. The van der Waals surface area contributed by atoms with Crippen LogP contribution in [0.5, 0.6) is 5.75 Å². The first-order valence-electron chi connectivity index (χ1n) is 7.08. The molecule has 0 unspecified atom stereocenters. The predicted octanol–water partition coefficient (Wildman–Crippen LogP) is 2.48. The molecule has 6 nitrogen and oxygen atoms in total. The summed E-state index contributed by atoms with van der Waals surface area (Å²) in [5.41, 5.74) is 0.482. The molecule has 1 saturated heterocycles. The molecule has 6 heteroatoms. The number of hydrogen-bond donors (Lipinski definition) is 2. The molecule has 1 aromatic carbocycles. The summed E-state index contributed by atoms with van der Waals surface area (Å²) < 4.78 is 5.27. The van der Waals surface area contributed by atoms with Gasteiger partial charge in [0.2, 0.25) is 11.6 Å². The fraction of sp³-hybridized carbons (Fsp3) is 0.312. The van der Waals surface area contributed by atoms with Crippen molar-refractivity contribution >= 4 is 28.2 Å². The lowest BCUT2D eigenvalue weighted by molar-refractivity contribution is -0.119. The zero-order chi connectivity index (χ0) is 15.5. The number of ether oxygens (including phenoxy) is 1. The lowest BCUT2D eigenvalue weighted by atomic mass is 10.1. The van der Waals surface area contributed by atoms with Crippen LogP contribution in [0.15, 0.2) is 24.4 Å². The Bertz CT molecular complexity index is 767. The molecule has 2 aromatic rings. The van der Waals surface area contributed by atoms with Crippen LogP contribution in [-0.4, -0.2) is 30.6 Å². The lowest BCUT2D eigenvalue weighted by Gasteiger charge is -2.14. The van der Waals surface area contributed by atoms with Gasteiger partial charge in [0.05, 0.1) is 13.7 Å². The van der Waals surface area contributed by atoms with Crippen molar-refractivity contribution in [3.63, 3.8) is 0 Å². The van der Waals surface area contributed by atoms with E-state index in [0.29, 0.717) is 24.4 Å². The molecule has 0 bridgehead atoms. The summed E-state index contributed by atoms with van der Waals surface area (Å²) in [5, 5.41) is 8.03. The molecule has 2 N–H and O–H groups in total. The minimum Gasteiger partial charge on any atom is -0.508 e. The number of anilines is 1. The van der Waals surface area contributed by atoms with Gasteiger partial charge in [0.25, 0.3) is 0 Å². The van der Waals surface area contributed by atoms with Crippen molar-refractivity contribution in [1.29, 1.82) is 0 Å². The van der Waals surface area contributed by atoms with Crippen LogP contribution in [0.4, 0.5) is 11.5 Å². The maximum atomic E-state index is 11.2. The van der Waals surface area contributed by atoms with E-state index in [4.69, 9.17) is 11.3 Å². The minimum atomic E-state index is 0.0982. The summed E-state index contributed by atoms with van der Waals surface area (Å²) in [6.45, 7) is 7.83. The Morgan fingerprint density at radius 1 is 1.55 bits per heavy atom. The molecule has 1 fully saturated rings. The molecular formula is C16H16N4O2. The van der Waals surface area contributed by atoms with Crippen LogP contribution in [0.1, 0.15) is 12.8 Å².